The van der Waals surface area contributed by atoms with Crippen LogP contribution < -0.4 is 5.73 Å². The first kappa shape index (κ1) is 10.2. The minimum Gasteiger partial charge on any atom is -0.398 e. The van der Waals surface area contributed by atoms with E-state index in [9.17, 15) is 0 Å². The van der Waals surface area contributed by atoms with E-state index in [1.54, 1.807) is 6.08 Å². The molecule has 0 aliphatic heterocycles. The second-order valence-electron chi connectivity index (χ2n) is 2.95. The zero-order valence-corrected chi connectivity index (χ0v) is 8.01. The third-order valence-electron chi connectivity index (χ3n) is 1.79. The molecule has 1 rings (SSSR count). The lowest BCUT2D eigenvalue weighted by Crippen LogP contribution is -1.89. The number of nitrogens with zero attached hydrogens (tertiary/aromatic N) is 3. The molecule has 0 radical (unpaired) electrons. The van der Waals surface area contributed by atoms with Crippen molar-refractivity contribution in [3.8, 4) is 0 Å². The fourth-order valence-corrected chi connectivity index (χ4v) is 1.10. The predicted octanol–water partition coefficient (Wildman–Crippen LogP) is 2.90. The molecule has 0 aromatic heterocycles. The lowest BCUT2D eigenvalue weighted by molar-refractivity contribution is 1.22. The van der Waals surface area contributed by atoms with Crippen molar-refractivity contribution in [2.24, 2.45) is 5.11 Å². The Balaban J connectivity index is 2.79. The Hall–Kier alpha value is -1.93. The number of nitrogen functional groups attached to an aromatic ring is 1. The van der Waals surface area contributed by atoms with Gasteiger partial charge in [-0.2, -0.15) is 0 Å². The highest BCUT2D eigenvalue weighted by Crippen LogP contribution is 2.14. The van der Waals surface area contributed by atoms with Gasteiger partial charge in [-0.1, -0.05) is 28.9 Å². The summed E-state index contributed by atoms with van der Waals surface area (Å²) in [4.78, 5) is 2.65. The molecule has 0 aliphatic carbocycles. The number of benzene rings is 1. The molecule has 14 heavy (non-hydrogen) atoms. The van der Waals surface area contributed by atoms with Gasteiger partial charge in [0.05, 0.1) is 0 Å². The van der Waals surface area contributed by atoms with Gasteiger partial charge in [-0.25, -0.2) is 0 Å². The van der Waals surface area contributed by atoms with Crippen LogP contribution in [0.2, 0.25) is 0 Å². The zero-order chi connectivity index (χ0) is 10.4. The Morgan fingerprint density at radius 3 is 3.07 bits per heavy atom. The van der Waals surface area contributed by atoms with Gasteiger partial charge in [0.1, 0.15) is 0 Å². The van der Waals surface area contributed by atoms with E-state index in [0.717, 1.165) is 16.8 Å². The number of hydrogen-bond donors (Lipinski definition) is 1. The maximum absolute atomic E-state index is 8.06. The molecule has 1 aromatic carbocycles. The normalized spacial score (nSPS) is 10.1. The van der Waals surface area contributed by atoms with E-state index in [0.29, 0.717) is 6.54 Å². The molecule has 4 nitrogen and oxygen atoms in total. The van der Waals surface area contributed by atoms with Crippen LogP contribution in [0.4, 0.5) is 5.69 Å². The van der Waals surface area contributed by atoms with Crippen molar-refractivity contribution >= 4 is 11.8 Å². The average Bonchev–Trinajstić information content (AvgIpc) is 2.18. The van der Waals surface area contributed by atoms with Crippen molar-refractivity contribution in [1.29, 1.82) is 0 Å². The first-order valence-corrected chi connectivity index (χ1v) is 4.27. The Morgan fingerprint density at radius 2 is 2.36 bits per heavy atom. The van der Waals surface area contributed by atoms with Crippen LogP contribution in [0.25, 0.3) is 16.5 Å². The summed E-state index contributed by atoms with van der Waals surface area (Å²) in [5, 5.41) is 3.39. The van der Waals surface area contributed by atoms with Crippen LogP contribution >= 0.6 is 0 Å². The van der Waals surface area contributed by atoms with E-state index in [-0.39, 0.29) is 0 Å². The quantitative estimate of drug-likeness (QED) is 0.336. The van der Waals surface area contributed by atoms with Crippen LogP contribution in [0, 0.1) is 6.92 Å². The minimum atomic E-state index is 0.351. The summed E-state index contributed by atoms with van der Waals surface area (Å²) in [5.41, 5.74) is 16.7. The van der Waals surface area contributed by atoms with Gasteiger partial charge in [-0.3, -0.25) is 0 Å². The summed E-state index contributed by atoms with van der Waals surface area (Å²) < 4.78 is 0. The summed E-state index contributed by atoms with van der Waals surface area (Å²) in [6.07, 6.45) is 3.64. The summed E-state index contributed by atoms with van der Waals surface area (Å²) in [5.74, 6) is 0. The van der Waals surface area contributed by atoms with Gasteiger partial charge in [0.15, 0.2) is 0 Å². The predicted molar refractivity (Wildman–Crippen MR) is 58.6 cm³/mol. The number of nitrogens with two attached hydrogens (primary N) is 1. The highest BCUT2D eigenvalue weighted by atomic mass is 15.1. The van der Waals surface area contributed by atoms with Gasteiger partial charge in [0.25, 0.3) is 0 Å². The Bertz CT molecular complexity index is 389. The van der Waals surface area contributed by atoms with Crippen LogP contribution in [-0.2, 0) is 0 Å². The minimum absolute atomic E-state index is 0.351. The SMILES string of the molecule is Cc1ccc(N)c(C=CCN=[N+]=[N-])c1. The van der Waals surface area contributed by atoms with Crippen molar-refractivity contribution in [3.63, 3.8) is 0 Å². The van der Waals surface area contributed by atoms with Crippen LogP contribution in [0.15, 0.2) is 29.4 Å². The second kappa shape index (κ2) is 4.94. The average molecular weight is 188 g/mol. The van der Waals surface area contributed by atoms with Crippen molar-refractivity contribution in [1.82, 2.24) is 0 Å². The largest absolute Gasteiger partial charge is 0.398 e. The molecule has 0 fully saturated rings. The van der Waals surface area contributed by atoms with Crippen molar-refractivity contribution < 1.29 is 0 Å². The van der Waals surface area contributed by atoms with Gasteiger partial charge in [0.2, 0.25) is 0 Å². The molecule has 0 spiro atoms. The topological polar surface area (TPSA) is 74.8 Å². The molecule has 0 unspecified atom stereocenters. The van der Waals surface area contributed by atoms with E-state index in [2.05, 4.69) is 10.0 Å². The Labute approximate surface area is 82.7 Å². The summed E-state index contributed by atoms with van der Waals surface area (Å²) in [6, 6.07) is 5.81. The maximum atomic E-state index is 8.06. The number of azide groups is 1. The standard InChI is InChI=1S/C10H12N4/c1-8-4-5-10(11)9(7-8)3-2-6-13-14-12/h2-5,7H,6,11H2,1H3. The maximum Gasteiger partial charge on any atom is 0.0443 e. The number of hydrogen-bond acceptors (Lipinski definition) is 2. The molecule has 72 valence electrons. The van der Waals surface area contributed by atoms with E-state index in [1.165, 1.54) is 0 Å². The highest BCUT2D eigenvalue weighted by Gasteiger charge is 1.93. The van der Waals surface area contributed by atoms with E-state index in [1.807, 2.05) is 31.2 Å². The van der Waals surface area contributed by atoms with Crippen molar-refractivity contribution in [2.75, 3.05) is 12.3 Å². The van der Waals surface area contributed by atoms with Crippen LogP contribution in [0.5, 0.6) is 0 Å². The molecule has 0 bridgehead atoms. The first-order chi connectivity index (χ1) is 6.74. The molecule has 2 N–H and O–H groups in total. The molecule has 0 aliphatic rings. The molecule has 0 heterocycles. The highest BCUT2D eigenvalue weighted by molar-refractivity contribution is 5.65. The van der Waals surface area contributed by atoms with Gasteiger partial charge in [0, 0.05) is 17.1 Å². The van der Waals surface area contributed by atoms with Crippen LogP contribution in [-0.4, -0.2) is 6.54 Å². The number of anilines is 1. The summed E-state index contributed by atoms with van der Waals surface area (Å²) in [7, 11) is 0. The van der Waals surface area contributed by atoms with Gasteiger partial charge < -0.3 is 5.73 Å². The fourth-order valence-electron chi connectivity index (χ4n) is 1.10. The van der Waals surface area contributed by atoms with Gasteiger partial charge >= 0.3 is 0 Å². The van der Waals surface area contributed by atoms with Crippen molar-refractivity contribution in [3.05, 3.63) is 45.8 Å². The fraction of sp³-hybridized carbons (Fsp3) is 0.200. The summed E-state index contributed by atoms with van der Waals surface area (Å²) >= 11 is 0. The van der Waals surface area contributed by atoms with E-state index >= 15 is 0 Å². The lowest BCUT2D eigenvalue weighted by Gasteiger charge is -2.00. The molecule has 0 saturated heterocycles. The summed E-state index contributed by atoms with van der Waals surface area (Å²) in [6.45, 7) is 2.36. The monoisotopic (exact) mass is 188 g/mol. The van der Waals surface area contributed by atoms with E-state index in [4.69, 9.17) is 11.3 Å². The van der Waals surface area contributed by atoms with Crippen molar-refractivity contribution in [2.45, 2.75) is 6.92 Å². The molecule has 0 saturated carbocycles. The number of aryl methyl sites for hydroxylation is 1. The molecule has 4 heteroatoms. The molecular weight excluding hydrogens is 176 g/mol. The third kappa shape index (κ3) is 2.84. The second-order valence-corrected chi connectivity index (χ2v) is 2.95. The van der Waals surface area contributed by atoms with Crippen LogP contribution in [0.1, 0.15) is 11.1 Å². The lowest BCUT2D eigenvalue weighted by atomic mass is 10.1. The Kier molecular flexibility index (Phi) is 3.58. The smallest absolute Gasteiger partial charge is 0.0443 e. The van der Waals surface area contributed by atoms with Crippen LogP contribution in [0.3, 0.4) is 0 Å². The van der Waals surface area contributed by atoms with Gasteiger partial charge in [-0.15, -0.1) is 0 Å². The number of rotatable bonds is 3. The van der Waals surface area contributed by atoms with Gasteiger partial charge in [-0.05, 0) is 30.2 Å². The molecule has 0 atom stereocenters. The molecular formula is C10H12N4. The zero-order valence-electron chi connectivity index (χ0n) is 8.01. The third-order valence-corrected chi connectivity index (χ3v) is 1.79. The Morgan fingerprint density at radius 1 is 1.57 bits per heavy atom. The first-order valence-electron chi connectivity index (χ1n) is 4.27. The molecule has 1 aromatic rings. The van der Waals surface area contributed by atoms with E-state index < -0.39 is 0 Å². The molecule has 0 amide bonds.